The summed E-state index contributed by atoms with van der Waals surface area (Å²) in [5, 5.41) is 0.438. The third kappa shape index (κ3) is 3.14. The monoisotopic (exact) mass is 315 g/mol. The van der Waals surface area contributed by atoms with Crippen LogP contribution >= 0.6 is 0 Å². The molecule has 0 radical (unpaired) electrons. The van der Waals surface area contributed by atoms with Gasteiger partial charge >= 0.3 is 6.03 Å². The van der Waals surface area contributed by atoms with Crippen molar-refractivity contribution < 1.29 is 19.1 Å². The van der Waals surface area contributed by atoms with Gasteiger partial charge in [-0.1, -0.05) is 30.4 Å². The summed E-state index contributed by atoms with van der Waals surface area (Å²) < 4.78 is 5.21. The van der Waals surface area contributed by atoms with E-state index in [1.165, 1.54) is 6.08 Å². The lowest BCUT2D eigenvalue weighted by Crippen LogP contribution is -2.58. The van der Waals surface area contributed by atoms with E-state index in [1.807, 2.05) is 18.2 Å². The standard InChI is InChI=1S/C16H17N3O4/c1-3-18-14(20)12(15(21)19(17)16(18)22)9-6-8-11-7-4-5-10-13(11)23-2/h4-10H,3,17H2,1-2H3/b8-6+,12-9-. The number of hydrogen-bond donors (Lipinski definition) is 1. The van der Waals surface area contributed by atoms with Gasteiger partial charge in [0.15, 0.2) is 0 Å². The molecule has 7 nitrogen and oxygen atoms in total. The van der Waals surface area contributed by atoms with Gasteiger partial charge in [0, 0.05) is 12.1 Å². The number of amides is 4. The minimum atomic E-state index is -0.826. The maximum absolute atomic E-state index is 12.2. The summed E-state index contributed by atoms with van der Waals surface area (Å²) in [6, 6.07) is 6.47. The lowest BCUT2D eigenvalue weighted by molar-refractivity contribution is -0.135. The van der Waals surface area contributed by atoms with Gasteiger partial charge in [0.25, 0.3) is 11.8 Å². The van der Waals surface area contributed by atoms with Gasteiger partial charge in [-0.15, -0.1) is 0 Å². The molecule has 1 aromatic carbocycles. The second kappa shape index (κ2) is 6.89. The van der Waals surface area contributed by atoms with Crippen LogP contribution in [0.1, 0.15) is 12.5 Å². The van der Waals surface area contributed by atoms with E-state index in [-0.39, 0.29) is 12.1 Å². The number of urea groups is 1. The lowest BCUT2D eigenvalue weighted by Gasteiger charge is -2.29. The van der Waals surface area contributed by atoms with Gasteiger partial charge in [0.05, 0.1) is 7.11 Å². The fourth-order valence-corrected chi connectivity index (χ4v) is 2.14. The zero-order chi connectivity index (χ0) is 17.0. The molecule has 1 aromatic rings. The predicted octanol–water partition coefficient (Wildman–Crippen LogP) is 1.32. The van der Waals surface area contributed by atoms with Crippen LogP contribution in [0.15, 0.2) is 42.0 Å². The lowest BCUT2D eigenvalue weighted by atomic mass is 10.1. The number of allylic oxidation sites excluding steroid dienone is 2. The number of hydrazine groups is 1. The van der Waals surface area contributed by atoms with E-state index in [9.17, 15) is 14.4 Å². The smallest absolute Gasteiger partial charge is 0.348 e. The van der Waals surface area contributed by atoms with Crippen molar-refractivity contribution in [2.75, 3.05) is 13.7 Å². The van der Waals surface area contributed by atoms with Crippen LogP contribution < -0.4 is 10.6 Å². The third-order valence-electron chi connectivity index (χ3n) is 3.36. The van der Waals surface area contributed by atoms with E-state index >= 15 is 0 Å². The highest BCUT2D eigenvalue weighted by atomic mass is 16.5. The SMILES string of the molecule is CCN1C(=O)/C(=C/C=C/c2ccccc2OC)C(=O)N(N)C1=O. The number of imide groups is 2. The summed E-state index contributed by atoms with van der Waals surface area (Å²) in [4.78, 5) is 36.8. The van der Waals surface area contributed by atoms with E-state index < -0.39 is 17.8 Å². The summed E-state index contributed by atoms with van der Waals surface area (Å²) in [5.41, 5.74) is 0.621. The molecule has 0 bridgehead atoms. The first-order valence-electron chi connectivity index (χ1n) is 6.97. The van der Waals surface area contributed by atoms with Crippen molar-refractivity contribution in [1.29, 1.82) is 0 Å². The molecule has 23 heavy (non-hydrogen) atoms. The number of para-hydroxylation sites is 1. The minimum Gasteiger partial charge on any atom is -0.496 e. The molecule has 0 aliphatic carbocycles. The average Bonchev–Trinajstić information content (AvgIpc) is 2.57. The predicted molar refractivity (Wildman–Crippen MR) is 83.9 cm³/mol. The normalized spacial score (nSPS) is 17.5. The highest BCUT2D eigenvalue weighted by Crippen LogP contribution is 2.19. The fourth-order valence-electron chi connectivity index (χ4n) is 2.14. The number of nitrogens with two attached hydrogens (primary N) is 1. The minimum absolute atomic E-state index is 0.131. The molecule has 1 fully saturated rings. The Labute approximate surface area is 133 Å². The molecule has 1 saturated heterocycles. The Morgan fingerprint density at radius 1 is 1.17 bits per heavy atom. The Morgan fingerprint density at radius 3 is 2.52 bits per heavy atom. The zero-order valence-electron chi connectivity index (χ0n) is 12.9. The number of nitrogens with zero attached hydrogens (tertiary/aromatic N) is 2. The number of methoxy groups -OCH3 is 1. The molecule has 1 aliphatic rings. The Hall–Kier alpha value is -2.93. The first kappa shape index (κ1) is 16.4. The number of hydrogen-bond acceptors (Lipinski definition) is 5. The molecule has 1 heterocycles. The van der Waals surface area contributed by atoms with E-state index in [1.54, 1.807) is 32.3 Å². The van der Waals surface area contributed by atoms with Crippen molar-refractivity contribution in [3.8, 4) is 5.75 Å². The molecular weight excluding hydrogens is 298 g/mol. The van der Waals surface area contributed by atoms with Crippen LogP contribution in [0.2, 0.25) is 0 Å². The van der Waals surface area contributed by atoms with Gasteiger partial charge in [-0.3, -0.25) is 14.5 Å². The molecule has 0 aromatic heterocycles. The molecule has 0 spiro atoms. The summed E-state index contributed by atoms with van der Waals surface area (Å²) in [5.74, 6) is 4.60. The van der Waals surface area contributed by atoms with Gasteiger partial charge in [0.2, 0.25) is 0 Å². The molecule has 4 amide bonds. The van der Waals surface area contributed by atoms with Crippen LogP contribution in [0.25, 0.3) is 6.08 Å². The Morgan fingerprint density at radius 2 is 1.87 bits per heavy atom. The summed E-state index contributed by atoms with van der Waals surface area (Å²) in [7, 11) is 1.55. The molecule has 2 rings (SSSR count). The van der Waals surface area contributed by atoms with Gasteiger partial charge in [-0.05, 0) is 19.1 Å². The highest BCUT2D eigenvalue weighted by Gasteiger charge is 2.39. The third-order valence-corrected chi connectivity index (χ3v) is 3.36. The summed E-state index contributed by atoms with van der Waals surface area (Å²) in [6.45, 7) is 1.76. The topological polar surface area (TPSA) is 92.9 Å². The fraction of sp³-hybridized carbons (Fsp3) is 0.188. The van der Waals surface area contributed by atoms with Crippen molar-refractivity contribution in [3.05, 3.63) is 47.6 Å². The molecule has 7 heteroatoms. The number of barbiturate groups is 1. The summed E-state index contributed by atoms with van der Waals surface area (Å²) >= 11 is 0. The van der Waals surface area contributed by atoms with Crippen molar-refractivity contribution in [2.45, 2.75) is 6.92 Å². The molecule has 120 valence electrons. The Bertz CT molecular complexity index is 709. The number of benzene rings is 1. The van der Waals surface area contributed by atoms with Gasteiger partial charge in [-0.2, -0.15) is 5.01 Å². The largest absolute Gasteiger partial charge is 0.496 e. The van der Waals surface area contributed by atoms with Crippen molar-refractivity contribution in [1.82, 2.24) is 9.91 Å². The first-order valence-corrected chi connectivity index (χ1v) is 6.97. The summed E-state index contributed by atoms with van der Waals surface area (Å²) in [6.07, 6.45) is 4.58. The van der Waals surface area contributed by atoms with Crippen molar-refractivity contribution in [3.63, 3.8) is 0 Å². The van der Waals surface area contributed by atoms with Gasteiger partial charge < -0.3 is 4.74 Å². The van der Waals surface area contributed by atoms with Gasteiger partial charge in [-0.25, -0.2) is 10.6 Å². The molecule has 2 N–H and O–H groups in total. The number of ether oxygens (including phenoxy) is 1. The Balaban J connectivity index is 2.30. The van der Waals surface area contributed by atoms with Crippen LogP contribution in [0.3, 0.4) is 0 Å². The van der Waals surface area contributed by atoms with Crippen LogP contribution in [0, 0.1) is 0 Å². The number of rotatable bonds is 4. The molecular formula is C16H17N3O4. The van der Waals surface area contributed by atoms with E-state index in [2.05, 4.69) is 0 Å². The number of carbonyl (C=O) groups excluding carboxylic acids is 3. The zero-order valence-corrected chi connectivity index (χ0v) is 12.9. The second-order valence-corrected chi connectivity index (χ2v) is 4.69. The first-order chi connectivity index (χ1) is 11.0. The van der Waals surface area contributed by atoms with Crippen LogP contribution in [0.5, 0.6) is 5.75 Å². The average molecular weight is 315 g/mol. The van der Waals surface area contributed by atoms with Crippen LogP contribution in [-0.2, 0) is 9.59 Å². The van der Waals surface area contributed by atoms with E-state index in [0.717, 1.165) is 10.5 Å². The quantitative estimate of drug-likeness (QED) is 0.391. The molecule has 1 aliphatic heterocycles. The molecule has 0 unspecified atom stereocenters. The number of likely N-dealkylation sites (N-methyl/N-ethyl adjacent to an activating group) is 1. The second-order valence-electron chi connectivity index (χ2n) is 4.69. The maximum Gasteiger partial charge on any atom is 0.348 e. The van der Waals surface area contributed by atoms with E-state index in [0.29, 0.717) is 10.8 Å². The Kier molecular flexibility index (Phi) is 4.92. The molecule has 0 saturated carbocycles. The highest BCUT2D eigenvalue weighted by molar-refractivity contribution is 6.28. The van der Waals surface area contributed by atoms with E-state index in [4.69, 9.17) is 10.6 Å². The van der Waals surface area contributed by atoms with Crippen LogP contribution in [-0.4, -0.2) is 41.4 Å². The molecule has 0 atom stereocenters. The van der Waals surface area contributed by atoms with Crippen molar-refractivity contribution in [2.24, 2.45) is 5.84 Å². The van der Waals surface area contributed by atoms with Crippen molar-refractivity contribution >= 4 is 23.9 Å². The van der Waals surface area contributed by atoms with Crippen LogP contribution in [0.4, 0.5) is 4.79 Å². The number of carbonyl (C=O) groups is 3. The maximum atomic E-state index is 12.2. The van der Waals surface area contributed by atoms with Gasteiger partial charge in [0.1, 0.15) is 11.3 Å².